The molecule has 0 amide bonds. The normalized spacial score (nSPS) is 12.6. The van der Waals surface area contributed by atoms with Crippen LogP contribution in [0.3, 0.4) is 0 Å². The van der Waals surface area contributed by atoms with Gasteiger partial charge in [0.15, 0.2) is 27.3 Å². The highest BCUT2D eigenvalue weighted by molar-refractivity contribution is 7.92. The lowest BCUT2D eigenvalue weighted by atomic mass is 10.1. The van der Waals surface area contributed by atoms with Crippen molar-refractivity contribution in [1.29, 1.82) is 0 Å². The van der Waals surface area contributed by atoms with Crippen LogP contribution in [0.25, 0.3) is 0 Å². The SMILES string of the molecule is CCOc1cc(CCCNC(=NC)NCCS(=O)(=O)C(C)(C)C)ccc1OC. The van der Waals surface area contributed by atoms with E-state index < -0.39 is 14.6 Å². The van der Waals surface area contributed by atoms with E-state index in [1.54, 1.807) is 34.9 Å². The summed E-state index contributed by atoms with van der Waals surface area (Å²) in [6.45, 7) is 8.73. The minimum absolute atomic E-state index is 0.0727. The Morgan fingerprint density at radius 1 is 1.14 bits per heavy atom. The first-order valence-electron chi connectivity index (χ1n) is 9.61. The summed E-state index contributed by atoms with van der Waals surface area (Å²) in [5, 5.41) is 6.28. The Kier molecular flexibility index (Phi) is 9.58. The molecule has 0 aliphatic carbocycles. The van der Waals surface area contributed by atoms with Crippen molar-refractivity contribution in [3.63, 3.8) is 0 Å². The van der Waals surface area contributed by atoms with Gasteiger partial charge in [0, 0.05) is 20.1 Å². The Morgan fingerprint density at radius 3 is 2.39 bits per heavy atom. The second kappa shape index (κ2) is 11.1. The molecule has 0 saturated heterocycles. The molecule has 0 atom stereocenters. The van der Waals surface area contributed by atoms with Gasteiger partial charge in [0.2, 0.25) is 0 Å². The molecule has 1 aromatic rings. The van der Waals surface area contributed by atoms with E-state index in [0.717, 1.165) is 30.9 Å². The molecule has 2 N–H and O–H groups in total. The minimum atomic E-state index is -3.14. The van der Waals surface area contributed by atoms with E-state index in [4.69, 9.17) is 9.47 Å². The molecule has 7 nitrogen and oxygen atoms in total. The van der Waals surface area contributed by atoms with Crippen LogP contribution in [-0.2, 0) is 16.3 Å². The van der Waals surface area contributed by atoms with Crippen molar-refractivity contribution < 1.29 is 17.9 Å². The fourth-order valence-electron chi connectivity index (χ4n) is 2.47. The number of sulfone groups is 1. The van der Waals surface area contributed by atoms with E-state index in [0.29, 0.717) is 19.1 Å². The Bertz CT molecular complexity index is 740. The number of aliphatic imine (C=N–C) groups is 1. The van der Waals surface area contributed by atoms with E-state index in [-0.39, 0.29) is 5.75 Å². The standard InChI is InChI=1S/C20H35N3O4S/c1-7-27-18-15-16(10-11-17(18)26-6)9-8-12-22-19(21-5)23-13-14-28(24,25)20(2,3)4/h10-11,15H,7-9,12-14H2,1-6H3,(H2,21,22,23). The van der Waals surface area contributed by atoms with E-state index in [9.17, 15) is 8.42 Å². The van der Waals surface area contributed by atoms with Crippen LogP contribution in [0.2, 0.25) is 0 Å². The maximum absolute atomic E-state index is 12.1. The van der Waals surface area contributed by atoms with Crippen LogP contribution in [-0.4, -0.2) is 58.7 Å². The number of methoxy groups -OCH3 is 1. The molecule has 0 aliphatic heterocycles. The number of hydrogen-bond acceptors (Lipinski definition) is 5. The maximum Gasteiger partial charge on any atom is 0.191 e. The summed E-state index contributed by atoms with van der Waals surface area (Å²) in [5.41, 5.74) is 1.17. The first kappa shape index (κ1) is 24.1. The van der Waals surface area contributed by atoms with Gasteiger partial charge in [0.25, 0.3) is 0 Å². The third-order valence-electron chi connectivity index (χ3n) is 4.28. The number of hydrogen-bond donors (Lipinski definition) is 2. The molecule has 0 unspecified atom stereocenters. The number of rotatable bonds is 10. The van der Waals surface area contributed by atoms with Crippen molar-refractivity contribution in [2.75, 3.05) is 39.6 Å². The van der Waals surface area contributed by atoms with Crippen molar-refractivity contribution in [3.05, 3.63) is 23.8 Å². The average molecular weight is 414 g/mol. The third kappa shape index (κ3) is 7.58. The third-order valence-corrected chi connectivity index (χ3v) is 6.89. The van der Waals surface area contributed by atoms with Crippen molar-refractivity contribution >= 4 is 15.8 Å². The summed E-state index contributed by atoms with van der Waals surface area (Å²) in [4.78, 5) is 4.14. The average Bonchev–Trinajstić information content (AvgIpc) is 2.63. The van der Waals surface area contributed by atoms with Crippen molar-refractivity contribution in [2.45, 2.75) is 45.3 Å². The van der Waals surface area contributed by atoms with Gasteiger partial charge in [-0.3, -0.25) is 4.99 Å². The lowest BCUT2D eigenvalue weighted by molar-refractivity contribution is 0.310. The number of nitrogens with one attached hydrogen (secondary N) is 2. The molecular formula is C20H35N3O4S. The largest absolute Gasteiger partial charge is 0.493 e. The predicted molar refractivity (Wildman–Crippen MR) is 115 cm³/mol. The molecule has 160 valence electrons. The zero-order valence-electron chi connectivity index (χ0n) is 18.0. The topological polar surface area (TPSA) is 89.0 Å². The molecule has 0 aromatic heterocycles. The van der Waals surface area contributed by atoms with Crippen molar-refractivity contribution in [2.24, 2.45) is 4.99 Å². The predicted octanol–water partition coefficient (Wildman–Crippen LogP) is 2.40. The fourth-order valence-corrected chi connectivity index (χ4v) is 3.46. The zero-order chi connectivity index (χ0) is 21.2. The van der Waals surface area contributed by atoms with Crippen LogP contribution in [0.4, 0.5) is 0 Å². The molecule has 28 heavy (non-hydrogen) atoms. The lowest BCUT2D eigenvalue weighted by Crippen LogP contribution is -2.42. The molecular weight excluding hydrogens is 378 g/mol. The smallest absolute Gasteiger partial charge is 0.191 e. The minimum Gasteiger partial charge on any atom is -0.493 e. The highest BCUT2D eigenvalue weighted by Gasteiger charge is 2.28. The van der Waals surface area contributed by atoms with Crippen LogP contribution in [0.5, 0.6) is 11.5 Å². The van der Waals surface area contributed by atoms with Gasteiger partial charge < -0.3 is 20.1 Å². The van der Waals surface area contributed by atoms with Gasteiger partial charge in [0.05, 0.1) is 24.2 Å². The molecule has 0 radical (unpaired) electrons. The second-order valence-electron chi connectivity index (χ2n) is 7.38. The van der Waals surface area contributed by atoms with E-state index in [1.807, 2.05) is 25.1 Å². The zero-order valence-corrected chi connectivity index (χ0v) is 18.8. The summed E-state index contributed by atoms with van der Waals surface area (Å²) in [5.74, 6) is 2.17. The van der Waals surface area contributed by atoms with Crippen LogP contribution >= 0.6 is 0 Å². The van der Waals surface area contributed by atoms with Gasteiger partial charge >= 0.3 is 0 Å². The van der Waals surface area contributed by atoms with Gasteiger partial charge in [-0.15, -0.1) is 0 Å². The summed E-state index contributed by atoms with van der Waals surface area (Å²) >= 11 is 0. The fraction of sp³-hybridized carbons (Fsp3) is 0.650. The highest BCUT2D eigenvalue weighted by atomic mass is 32.2. The van der Waals surface area contributed by atoms with Gasteiger partial charge in [-0.2, -0.15) is 0 Å². The Hall–Kier alpha value is -1.96. The van der Waals surface area contributed by atoms with Crippen LogP contribution in [0.15, 0.2) is 23.2 Å². The second-order valence-corrected chi connectivity index (χ2v) is 10.2. The van der Waals surface area contributed by atoms with E-state index >= 15 is 0 Å². The van der Waals surface area contributed by atoms with Crippen LogP contribution in [0.1, 0.15) is 39.7 Å². The van der Waals surface area contributed by atoms with E-state index in [1.165, 1.54) is 5.56 Å². The molecule has 0 aliphatic rings. The lowest BCUT2D eigenvalue weighted by Gasteiger charge is -2.19. The molecule has 0 spiro atoms. The van der Waals surface area contributed by atoms with Gasteiger partial charge in [0.1, 0.15) is 0 Å². The van der Waals surface area contributed by atoms with Gasteiger partial charge in [-0.05, 0) is 58.2 Å². The highest BCUT2D eigenvalue weighted by Crippen LogP contribution is 2.28. The quantitative estimate of drug-likeness (QED) is 0.348. The summed E-state index contributed by atoms with van der Waals surface area (Å²) in [6.07, 6.45) is 1.78. The molecule has 1 rings (SSSR count). The first-order chi connectivity index (χ1) is 13.1. The maximum atomic E-state index is 12.1. The Morgan fingerprint density at radius 2 is 1.82 bits per heavy atom. The number of benzene rings is 1. The van der Waals surface area contributed by atoms with Crippen molar-refractivity contribution in [3.8, 4) is 11.5 Å². The monoisotopic (exact) mass is 413 g/mol. The molecule has 0 heterocycles. The molecule has 1 aromatic carbocycles. The number of aryl methyl sites for hydroxylation is 1. The number of guanidine groups is 1. The van der Waals surface area contributed by atoms with E-state index in [2.05, 4.69) is 15.6 Å². The number of ether oxygens (including phenoxy) is 2. The number of nitrogens with zero attached hydrogens (tertiary/aromatic N) is 1. The molecule has 0 bridgehead atoms. The van der Waals surface area contributed by atoms with Crippen molar-refractivity contribution in [1.82, 2.24) is 10.6 Å². The summed E-state index contributed by atoms with van der Waals surface area (Å²) in [6, 6.07) is 5.96. The first-order valence-corrected chi connectivity index (χ1v) is 11.3. The Balaban J connectivity index is 2.43. The summed E-state index contributed by atoms with van der Waals surface area (Å²) < 4.78 is 34.4. The van der Waals surface area contributed by atoms with Gasteiger partial charge in [-0.1, -0.05) is 6.07 Å². The Labute approximate surface area is 169 Å². The van der Waals surface area contributed by atoms with Crippen LogP contribution in [0, 0.1) is 0 Å². The molecule has 8 heteroatoms. The summed E-state index contributed by atoms with van der Waals surface area (Å²) in [7, 11) is 0.159. The molecule has 0 fully saturated rings. The van der Waals surface area contributed by atoms with Gasteiger partial charge in [-0.25, -0.2) is 8.42 Å². The molecule has 0 saturated carbocycles. The van der Waals surface area contributed by atoms with Crippen LogP contribution < -0.4 is 20.1 Å².